The third kappa shape index (κ3) is 3.36. The molecule has 0 spiro atoms. The van der Waals surface area contributed by atoms with Gasteiger partial charge in [-0.2, -0.15) is 0 Å². The van der Waals surface area contributed by atoms with Crippen LogP contribution in [-0.2, 0) is 6.54 Å². The number of carbonyl (C=O) groups is 1. The van der Waals surface area contributed by atoms with Gasteiger partial charge in [0.2, 0.25) is 0 Å². The Labute approximate surface area is 165 Å². The van der Waals surface area contributed by atoms with Gasteiger partial charge in [-0.3, -0.25) is 0 Å². The first-order valence-corrected chi connectivity index (χ1v) is 9.77. The summed E-state index contributed by atoms with van der Waals surface area (Å²) >= 11 is 0. The number of anilines is 1. The van der Waals surface area contributed by atoms with Gasteiger partial charge in [-0.1, -0.05) is 25.1 Å². The summed E-state index contributed by atoms with van der Waals surface area (Å²) in [5.74, 6) is 0.800. The van der Waals surface area contributed by atoms with Crippen LogP contribution in [-0.4, -0.2) is 22.1 Å². The van der Waals surface area contributed by atoms with Crippen LogP contribution in [0.25, 0.3) is 5.69 Å². The highest BCUT2D eigenvalue weighted by Gasteiger charge is 2.30. The second-order valence-corrected chi connectivity index (χ2v) is 6.87. The molecule has 0 radical (unpaired) electrons. The molecule has 0 aliphatic carbocycles. The van der Waals surface area contributed by atoms with Crippen LogP contribution in [0.15, 0.2) is 66.9 Å². The van der Waals surface area contributed by atoms with E-state index in [4.69, 9.17) is 4.74 Å². The second-order valence-electron chi connectivity index (χ2n) is 6.87. The maximum Gasteiger partial charge on any atom is 0.322 e. The molecule has 2 amide bonds. The summed E-state index contributed by atoms with van der Waals surface area (Å²) in [5.41, 5.74) is 4.17. The quantitative estimate of drug-likeness (QED) is 0.666. The molecule has 0 saturated carbocycles. The lowest BCUT2D eigenvalue weighted by atomic mass is 10.1. The van der Waals surface area contributed by atoms with Gasteiger partial charge in [0.1, 0.15) is 5.75 Å². The first-order valence-electron chi connectivity index (χ1n) is 9.77. The summed E-state index contributed by atoms with van der Waals surface area (Å²) in [6.07, 6.45) is 2.92. The van der Waals surface area contributed by atoms with Crippen LogP contribution in [0, 0.1) is 0 Å². The smallest absolute Gasteiger partial charge is 0.322 e. The molecule has 1 aliphatic rings. The Kier molecular flexibility index (Phi) is 5.06. The van der Waals surface area contributed by atoms with Gasteiger partial charge in [-0.15, -0.1) is 0 Å². The van der Waals surface area contributed by atoms with Crippen molar-refractivity contribution in [1.82, 2.24) is 9.47 Å². The highest BCUT2D eigenvalue weighted by Crippen LogP contribution is 2.34. The number of rotatable bonds is 4. The average Bonchev–Trinajstić information content (AvgIpc) is 3.14. The summed E-state index contributed by atoms with van der Waals surface area (Å²) in [5, 5.41) is 3.05. The minimum Gasteiger partial charge on any atom is -0.494 e. The molecule has 28 heavy (non-hydrogen) atoms. The summed E-state index contributed by atoms with van der Waals surface area (Å²) in [7, 11) is 0. The first kappa shape index (κ1) is 18.2. The summed E-state index contributed by atoms with van der Waals surface area (Å²) < 4.78 is 7.68. The van der Waals surface area contributed by atoms with E-state index in [0.717, 1.165) is 34.8 Å². The van der Waals surface area contributed by atoms with E-state index in [2.05, 4.69) is 41.2 Å². The van der Waals surface area contributed by atoms with Gasteiger partial charge in [0, 0.05) is 17.6 Å². The molecule has 1 aliphatic heterocycles. The van der Waals surface area contributed by atoms with E-state index < -0.39 is 0 Å². The lowest BCUT2D eigenvalue weighted by molar-refractivity contribution is 0.181. The van der Waals surface area contributed by atoms with Gasteiger partial charge in [0.05, 0.1) is 24.9 Å². The third-order valence-electron chi connectivity index (χ3n) is 5.15. The lowest BCUT2D eigenvalue weighted by Gasteiger charge is -2.29. The monoisotopic (exact) mass is 375 g/mol. The predicted molar refractivity (Wildman–Crippen MR) is 111 cm³/mol. The van der Waals surface area contributed by atoms with E-state index >= 15 is 0 Å². The highest BCUT2D eigenvalue weighted by molar-refractivity contribution is 5.89. The molecule has 2 aromatic carbocycles. The number of hydrogen-bond acceptors (Lipinski definition) is 2. The van der Waals surface area contributed by atoms with Gasteiger partial charge in [-0.05, 0) is 61.4 Å². The maximum atomic E-state index is 13.2. The topological polar surface area (TPSA) is 46.5 Å². The molecule has 1 unspecified atom stereocenters. The number of nitrogens with one attached hydrogen (secondary N) is 1. The van der Waals surface area contributed by atoms with Gasteiger partial charge >= 0.3 is 6.03 Å². The molecule has 4 rings (SSSR count). The predicted octanol–water partition coefficient (Wildman–Crippen LogP) is 5.37. The molecule has 2 heterocycles. The zero-order valence-corrected chi connectivity index (χ0v) is 16.3. The Morgan fingerprint density at radius 2 is 1.86 bits per heavy atom. The van der Waals surface area contributed by atoms with Crippen LogP contribution >= 0.6 is 0 Å². The van der Waals surface area contributed by atoms with Crippen LogP contribution in [0.3, 0.4) is 0 Å². The average molecular weight is 375 g/mol. The summed E-state index contributed by atoms with van der Waals surface area (Å²) in [6, 6.07) is 19.8. The molecule has 1 N–H and O–H groups in total. The highest BCUT2D eigenvalue weighted by atomic mass is 16.5. The van der Waals surface area contributed by atoms with Crippen molar-refractivity contribution in [3.8, 4) is 11.4 Å². The fourth-order valence-corrected chi connectivity index (χ4v) is 3.86. The number of para-hydroxylation sites is 1. The van der Waals surface area contributed by atoms with Crippen molar-refractivity contribution < 1.29 is 9.53 Å². The lowest BCUT2D eigenvalue weighted by Crippen LogP contribution is -2.37. The number of hydrogen-bond donors (Lipinski definition) is 1. The van der Waals surface area contributed by atoms with E-state index in [1.54, 1.807) is 0 Å². The Morgan fingerprint density at radius 3 is 2.61 bits per heavy atom. The van der Waals surface area contributed by atoms with Crippen molar-refractivity contribution >= 4 is 11.7 Å². The molecule has 0 fully saturated rings. The zero-order chi connectivity index (χ0) is 19.5. The normalized spacial score (nSPS) is 15.4. The van der Waals surface area contributed by atoms with Crippen LogP contribution in [0.1, 0.15) is 37.6 Å². The standard InChI is InChI=1S/C23H25N3O2/c1-3-20-22-10-7-15-25(22)21-9-6-5-8-17(21)16-26(20)23(27)24-18-11-13-19(14-12-18)28-4-2/h5-15,20H,3-4,16H2,1-2H3,(H,24,27). The van der Waals surface area contributed by atoms with E-state index in [1.165, 1.54) is 0 Å². The van der Waals surface area contributed by atoms with E-state index in [0.29, 0.717) is 13.2 Å². The van der Waals surface area contributed by atoms with Crippen LogP contribution in [0.4, 0.5) is 10.5 Å². The van der Waals surface area contributed by atoms with E-state index in [1.807, 2.05) is 54.3 Å². The molecule has 0 saturated heterocycles. The number of amides is 2. The van der Waals surface area contributed by atoms with Crippen molar-refractivity contribution in [2.45, 2.75) is 32.9 Å². The van der Waals surface area contributed by atoms with Gasteiger partial charge < -0.3 is 19.5 Å². The Balaban J connectivity index is 1.64. The largest absolute Gasteiger partial charge is 0.494 e. The Hall–Kier alpha value is -3.21. The number of nitrogens with zero attached hydrogens (tertiary/aromatic N) is 2. The van der Waals surface area contributed by atoms with Crippen molar-refractivity contribution in [3.05, 3.63) is 78.1 Å². The van der Waals surface area contributed by atoms with Crippen LogP contribution in [0.5, 0.6) is 5.75 Å². The fourth-order valence-electron chi connectivity index (χ4n) is 3.86. The molecule has 0 bridgehead atoms. The zero-order valence-electron chi connectivity index (χ0n) is 16.3. The third-order valence-corrected chi connectivity index (χ3v) is 5.15. The van der Waals surface area contributed by atoms with Crippen molar-refractivity contribution in [2.75, 3.05) is 11.9 Å². The van der Waals surface area contributed by atoms with Crippen LogP contribution < -0.4 is 10.1 Å². The number of urea groups is 1. The van der Waals surface area contributed by atoms with Crippen molar-refractivity contribution in [2.24, 2.45) is 0 Å². The second kappa shape index (κ2) is 7.80. The van der Waals surface area contributed by atoms with Crippen molar-refractivity contribution in [3.63, 3.8) is 0 Å². The summed E-state index contributed by atoms with van der Waals surface area (Å²) in [4.78, 5) is 15.1. The minimum atomic E-state index is -0.0968. The van der Waals surface area contributed by atoms with E-state index in [-0.39, 0.29) is 12.1 Å². The number of aromatic nitrogens is 1. The number of ether oxygens (including phenoxy) is 1. The Morgan fingerprint density at radius 1 is 1.07 bits per heavy atom. The molecule has 144 valence electrons. The Bertz CT molecular complexity index is 962. The molecule has 5 nitrogen and oxygen atoms in total. The summed E-state index contributed by atoms with van der Waals surface area (Å²) in [6.45, 7) is 5.26. The first-order chi connectivity index (χ1) is 13.7. The number of carbonyl (C=O) groups excluding carboxylic acids is 1. The molecule has 1 aromatic heterocycles. The molecular formula is C23H25N3O2. The van der Waals surface area contributed by atoms with Crippen molar-refractivity contribution in [1.29, 1.82) is 0 Å². The maximum absolute atomic E-state index is 13.2. The van der Waals surface area contributed by atoms with Gasteiger partial charge in [0.15, 0.2) is 0 Å². The molecule has 5 heteroatoms. The van der Waals surface area contributed by atoms with Gasteiger partial charge in [0.25, 0.3) is 0 Å². The van der Waals surface area contributed by atoms with Crippen LogP contribution in [0.2, 0.25) is 0 Å². The number of fused-ring (bicyclic) bond motifs is 3. The fraction of sp³-hybridized carbons (Fsp3) is 0.261. The SMILES string of the molecule is CCOc1ccc(NC(=O)N2Cc3ccccc3-n3cccc3C2CC)cc1. The molecule has 3 aromatic rings. The molecule has 1 atom stereocenters. The minimum absolute atomic E-state index is 0.00472. The van der Waals surface area contributed by atoms with E-state index in [9.17, 15) is 4.79 Å². The number of benzene rings is 2. The molecular weight excluding hydrogens is 350 g/mol. The van der Waals surface area contributed by atoms with Gasteiger partial charge in [-0.25, -0.2) is 4.79 Å².